The van der Waals surface area contributed by atoms with Crippen LogP contribution in [0, 0.1) is 13.8 Å². The Labute approximate surface area is 161 Å². The van der Waals surface area contributed by atoms with Gasteiger partial charge in [0.05, 0.1) is 12.2 Å². The molecule has 0 aromatic heterocycles. The molecule has 0 aliphatic carbocycles. The zero-order valence-corrected chi connectivity index (χ0v) is 16.2. The lowest BCUT2D eigenvalue weighted by molar-refractivity contribution is -0.0588. The molecule has 2 N–H and O–H groups in total. The van der Waals surface area contributed by atoms with Crippen molar-refractivity contribution in [3.8, 4) is 5.75 Å². The number of likely N-dealkylation sites (tertiary alicyclic amines) is 1. The van der Waals surface area contributed by atoms with E-state index in [-0.39, 0.29) is 5.60 Å². The first-order chi connectivity index (χ1) is 12.9. The molecule has 0 radical (unpaired) electrons. The van der Waals surface area contributed by atoms with Gasteiger partial charge in [0.25, 0.3) is 0 Å². The van der Waals surface area contributed by atoms with Gasteiger partial charge in [0.1, 0.15) is 11.4 Å². The largest absolute Gasteiger partial charge is 0.487 e. The Balaban J connectivity index is 1.39. The van der Waals surface area contributed by atoms with Crippen LogP contribution in [0.15, 0.2) is 42.5 Å². The Morgan fingerprint density at radius 2 is 1.74 bits per heavy atom. The number of hydrogen-bond donors (Lipinski definition) is 2. The van der Waals surface area contributed by atoms with Crippen LogP contribution in [0.2, 0.25) is 0 Å². The zero-order chi connectivity index (χ0) is 19.0. The quantitative estimate of drug-likeness (QED) is 0.869. The molecule has 0 amide bonds. The van der Waals surface area contributed by atoms with Gasteiger partial charge in [-0.25, -0.2) is 0 Å². The van der Waals surface area contributed by atoms with Crippen molar-refractivity contribution in [2.24, 2.45) is 0 Å². The number of β-amino-alcohol motifs (C(OH)–C–C–N with tert-alkyl or cyclic N) is 1. The standard InChI is InChI=1S/C23H29NO3/c1-16-3-6-18(7-4-16)21(26)15-24-11-9-23(10-12-24)14-20(25)19-13-17(2)5-8-22(19)27-23/h3-8,13,20-21,25-26H,9-12,14-15H2,1-2H3/t20-,21-/m1/s1. The maximum Gasteiger partial charge on any atom is 0.125 e. The van der Waals surface area contributed by atoms with E-state index in [1.165, 1.54) is 5.56 Å². The van der Waals surface area contributed by atoms with Crippen LogP contribution in [-0.2, 0) is 0 Å². The SMILES string of the molecule is Cc1ccc([C@H](O)CN2CCC3(CC2)C[C@@H](O)c2cc(C)ccc2O3)cc1. The molecule has 2 aromatic carbocycles. The molecule has 2 heterocycles. The molecule has 1 spiro atoms. The van der Waals surface area contributed by atoms with E-state index in [0.717, 1.165) is 48.4 Å². The highest BCUT2D eigenvalue weighted by atomic mass is 16.5. The number of fused-ring (bicyclic) bond motifs is 1. The van der Waals surface area contributed by atoms with E-state index >= 15 is 0 Å². The molecule has 2 aromatic rings. The Morgan fingerprint density at radius 3 is 2.44 bits per heavy atom. The summed E-state index contributed by atoms with van der Waals surface area (Å²) in [5, 5.41) is 21.2. The van der Waals surface area contributed by atoms with Gasteiger partial charge in [-0.1, -0.05) is 41.5 Å². The van der Waals surface area contributed by atoms with Gasteiger partial charge < -0.3 is 19.8 Å². The molecule has 2 atom stereocenters. The van der Waals surface area contributed by atoms with Crippen LogP contribution in [-0.4, -0.2) is 40.3 Å². The van der Waals surface area contributed by atoms with E-state index in [9.17, 15) is 10.2 Å². The molecule has 0 bridgehead atoms. The highest BCUT2D eigenvalue weighted by molar-refractivity contribution is 5.41. The molecule has 144 valence electrons. The fourth-order valence-electron chi connectivity index (χ4n) is 4.35. The molecule has 2 aliphatic heterocycles. The van der Waals surface area contributed by atoms with Crippen LogP contribution < -0.4 is 4.74 Å². The maximum atomic E-state index is 10.7. The Kier molecular flexibility index (Phi) is 4.97. The Morgan fingerprint density at radius 1 is 1.07 bits per heavy atom. The monoisotopic (exact) mass is 367 g/mol. The van der Waals surface area contributed by atoms with Crippen molar-refractivity contribution in [2.45, 2.75) is 50.9 Å². The van der Waals surface area contributed by atoms with Crippen LogP contribution in [0.25, 0.3) is 0 Å². The molecular formula is C23H29NO3. The average molecular weight is 367 g/mol. The molecular weight excluding hydrogens is 338 g/mol. The molecule has 1 saturated heterocycles. The molecule has 4 heteroatoms. The van der Waals surface area contributed by atoms with Gasteiger partial charge in [0.2, 0.25) is 0 Å². The lowest BCUT2D eigenvalue weighted by Crippen LogP contribution is -2.51. The van der Waals surface area contributed by atoms with E-state index in [0.29, 0.717) is 13.0 Å². The van der Waals surface area contributed by atoms with Gasteiger partial charge in [-0.3, -0.25) is 0 Å². The van der Waals surface area contributed by atoms with Crippen molar-refractivity contribution in [2.75, 3.05) is 19.6 Å². The molecule has 27 heavy (non-hydrogen) atoms. The summed E-state index contributed by atoms with van der Waals surface area (Å²) < 4.78 is 6.39. The predicted octanol–water partition coefficient (Wildman–Crippen LogP) is 3.69. The molecule has 2 aliphatic rings. The van der Waals surface area contributed by atoms with Crippen LogP contribution >= 0.6 is 0 Å². The number of benzene rings is 2. The Hall–Kier alpha value is -1.88. The number of ether oxygens (including phenoxy) is 1. The first-order valence-corrected chi connectivity index (χ1v) is 9.89. The lowest BCUT2D eigenvalue weighted by atomic mass is 9.81. The molecule has 0 saturated carbocycles. The fourth-order valence-corrected chi connectivity index (χ4v) is 4.35. The smallest absolute Gasteiger partial charge is 0.125 e. The van der Waals surface area contributed by atoms with Crippen molar-refractivity contribution >= 4 is 0 Å². The third-order valence-electron chi connectivity index (χ3n) is 6.08. The van der Waals surface area contributed by atoms with E-state index in [1.807, 2.05) is 49.4 Å². The number of piperidine rings is 1. The normalized spacial score (nSPS) is 22.9. The van der Waals surface area contributed by atoms with Crippen molar-refractivity contribution in [3.63, 3.8) is 0 Å². The van der Waals surface area contributed by atoms with Crippen molar-refractivity contribution in [1.29, 1.82) is 0 Å². The van der Waals surface area contributed by atoms with E-state index < -0.39 is 12.2 Å². The summed E-state index contributed by atoms with van der Waals surface area (Å²) in [6.07, 6.45) is 1.47. The first kappa shape index (κ1) is 18.5. The summed E-state index contributed by atoms with van der Waals surface area (Å²) in [5.41, 5.74) is 3.95. The van der Waals surface area contributed by atoms with Gasteiger partial charge in [0.15, 0.2) is 0 Å². The second-order valence-electron chi connectivity index (χ2n) is 8.27. The topological polar surface area (TPSA) is 52.9 Å². The lowest BCUT2D eigenvalue weighted by Gasteiger charge is -2.46. The van der Waals surface area contributed by atoms with Crippen LogP contribution in [0.3, 0.4) is 0 Å². The number of rotatable bonds is 3. The van der Waals surface area contributed by atoms with Gasteiger partial charge in [-0.2, -0.15) is 0 Å². The summed E-state index contributed by atoms with van der Waals surface area (Å²) >= 11 is 0. The van der Waals surface area contributed by atoms with Crippen molar-refractivity contribution < 1.29 is 14.9 Å². The summed E-state index contributed by atoms with van der Waals surface area (Å²) in [4.78, 5) is 2.30. The van der Waals surface area contributed by atoms with Crippen LogP contribution in [0.4, 0.5) is 0 Å². The molecule has 1 fully saturated rings. The number of aryl methyl sites for hydroxylation is 2. The van der Waals surface area contributed by atoms with E-state index in [1.54, 1.807) is 0 Å². The second kappa shape index (κ2) is 7.27. The molecule has 0 unspecified atom stereocenters. The van der Waals surface area contributed by atoms with E-state index in [4.69, 9.17) is 4.74 Å². The minimum atomic E-state index is -0.471. The molecule has 4 rings (SSSR count). The number of hydrogen-bond acceptors (Lipinski definition) is 4. The zero-order valence-electron chi connectivity index (χ0n) is 16.2. The van der Waals surface area contributed by atoms with Crippen LogP contribution in [0.5, 0.6) is 5.75 Å². The minimum absolute atomic E-state index is 0.285. The van der Waals surface area contributed by atoms with Gasteiger partial charge >= 0.3 is 0 Å². The third-order valence-corrected chi connectivity index (χ3v) is 6.08. The van der Waals surface area contributed by atoms with Crippen molar-refractivity contribution in [3.05, 3.63) is 64.7 Å². The van der Waals surface area contributed by atoms with Gasteiger partial charge in [-0.15, -0.1) is 0 Å². The number of aliphatic hydroxyl groups excluding tert-OH is 2. The summed E-state index contributed by atoms with van der Waals surface area (Å²) in [6.45, 7) is 6.47. The summed E-state index contributed by atoms with van der Waals surface area (Å²) in [6, 6.07) is 14.1. The average Bonchev–Trinajstić information content (AvgIpc) is 2.65. The number of nitrogens with zero attached hydrogens (tertiary/aromatic N) is 1. The fraction of sp³-hybridized carbons (Fsp3) is 0.478. The highest BCUT2D eigenvalue weighted by Gasteiger charge is 2.43. The highest BCUT2D eigenvalue weighted by Crippen LogP contribution is 2.44. The van der Waals surface area contributed by atoms with Gasteiger partial charge in [-0.05, 0) is 44.4 Å². The second-order valence-corrected chi connectivity index (χ2v) is 8.27. The molecule has 4 nitrogen and oxygen atoms in total. The predicted molar refractivity (Wildman–Crippen MR) is 106 cm³/mol. The maximum absolute atomic E-state index is 10.7. The summed E-state index contributed by atoms with van der Waals surface area (Å²) in [5.74, 6) is 0.826. The van der Waals surface area contributed by atoms with Crippen LogP contribution in [0.1, 0.15) is 53.7 Å². The third kappa shape index (κ3) is 3.88. The summed E-state index contributed by atoms with van der Waals surface area (Å²) in [7, 11) is 0. The Bertz CT molecular complexity index is 794. The van der Waals surface area contributed by atoms with Crippen molar-refractivity contribution in [1.82, 2.24) is 4.90 Å². The first-order valence-electron chi connectivity index (χ1n) is 9.89. The minimum Gasteiger partial charge on any atom is -0.487 e. The number of aliphatic hydroxyl groups is 2. The van der Waals surface area contributed by atoms with Gasteiger partial charge in [0, 0.05) is 31.6 Å². The van der Waals surface area contributed by atoms with E-state index in [2.05, 4.69) is 11.8 Å².